The molecule has 1 aromatic heterocycles. The zero-order chi connectivity index (χ0) is 21.1. The van der Waals surface area contributed by atoms with Crippen LogP contribution in [0.15, 0.2) is 54.7 Å². The molecule has 6 heteroatoms. The lowest BCUT2D eigenvalue weighted by molar-refractivity contribution is 0.0932. The van der Waals surface area contributed by atoms with Gasteiger partial charge < -0.3 is 15.0 Å². The van der Waals surface area contributed by atoms with Gasteiger partial charge >= 0.3 is 0 Å². The van der Waals surface area contributed by atoms with E-state index < -0.39 is 0 Å². The minimum atomic E-state index is -0.0702. The Morgan fingerprint density at radius 3 is 2.60 bits per heavy atom. The summed E-state index contributed by atoms with van der Waals surface area (Å²) >= 11 is 0. The number of aromatic nitrogens is 2. The lowest BCUT2D eigenvalue weighted by atomic mass is 10.0. The van der Waals surface area contributed by atoms with Crippen molar-refractivity contribution >= 4 is 11.6 Å². The van der Waals surface area contributed by atoms with E-state index in [-0.39, 0.29) is 11.9 Å². The first-order chi connectivity index (χ1) is 14.6. The molecule has 6 nitrogen and oxygen atoms in total. The van der Waals surface area contributed by atoms with Gasteiger partial charge in [0.1, 0.15) is 5.75 Å². The van der Waals surface area contributed by atoms with Crippen LogP contribution in [0.3, 0.4) is 0 Å². The molecule has 0 aliphatic carbocycles. The zero-order valence-electron chi connectivity index (χ0n) is 17.8. The van der Waals surface area contributed by atoms with Gasteiger partial charge in [-0.3, -0.25) is 4.79 Å². The van der Waals surface area contributed by atoms with Crippen LogP contribution in [0.2, 0.25) is 0 Å². The molecular formula is C24H28N4O2. The van der Waals surface area contributed by atoms with E-state index in [0.717, 1.165) is 54.3 Å². The van der Waals surface area contributed by atoms with E-state index in [1.54, 1.807) is 13.3 Å². The maximum atomic E-state index is 13.0. The lowest BCUT2D eigenvalue weighted by Gasteiger charge is -2.35. The Morgan fingerprint density at radius 1 is 1.10 bits per heavy atom. The first-order valence-electron chi connectivity index (χ1n) is 10.4. The van der Waals surface area contributed by atoms with E-state index in [2.05, 4.69) is 21.4 Å². The van der Waals surface area contributed by atoms with Crippen LogP contribution in [0.4, 0.5) is 5.69 Å². The number of amides is 1. The Kier molecular flexibility index (Phi) is 5.74. The summed E-state index contributed by atoms with van der Waals surface area (Å²) < 4.78 is 7.35. The van der Waals surface area contributed by atoms with Crippen molar-refractivity contribution in [2.75, 3.05) is 25.1 Å². The van der Waals surface area contributed by atoms with Gasteiger partial charge in [-0.15, -0.1) is 0 Å². The summed E-state index contributed by atoms with van der Waals surface area (Å²) in [6.45, 7) is 5.70. The first kappa shape index (κ1) is 20.0. The van der Waals surface area contributed by atoms with Gasteiger partial charge in [0.05, 0.1) is 35.9 Å². The molecule has 0 radical (unpaired) electrons. The molecule has 0 bridgehead atoms. The Balaban J connectivity index is 1.49. The summed E-state index contributed by atoms with van der Waals surface area (Å²) in [5, 5.41) is 7.69. The van der Waals surface area contributed by atoms with Gasteiger partial charge in [0.15, 0.2) is 0 Å². The number of carbonyl (C=O) groups excluding carboxylic acids is 1. The molecule has 0 spiro atoms. The predicted octanol–water partition coefficient (Wildman–Crippen LogP) is 3.90. The van der Waals surface area contributed by atoms with Crippen molar-refractivity contribution in [1.82, 2.24) is 15.1 Å². The van der Waals surface area contributed by atoms with E-state index in [9.17, 15) is 4.79 Å². The molecule has 0 saturated carbocycles. The van der Waals surface area contributed by atoms with E-state index in [1.807, 2.05) is 61.0 Å². The monoisotopic (exact) mass is 404 g/mol. The van der Waals surface area contributed by atoms with Crippen molar-refractivity contribution in [2.45, 2.75) is 32.7 Å². The highest BCUT2D eigenvalue weighted by molar-refractivity contribution is 5.95. The van der Waals surface area contributed by atoms with Gasteiger partial charge in [0.2, 0.25) is 0 Å². The number of nitrogens with zero attached hydrogens (tertiary/aromatic N) is 3. The number of hydrogen-bond acceptors (Lipinski definition) is 4. The number of hydrogen-bond donors (Lipinski definition) is 1. The number of anilines is 1. The Bertz CT molecular complexity index is 1040. The van der Waals surface area contributed by atoms with Crippen LogP contribution in [0.5, 0.6) is 5.75 Å². The van der Waals surface area contributed by atoms with Crippen molar-refractivity contribution in [2.24, 2.45) is 0 Å². The normalized spacial score (nSPS) is 16.4. The highest BCUT2D eigenvalue weighted by Crippen LogP contribution is 2.30. The third-order valence-electron chi connectivity index (χ3n) is 5.78. The van der Waals surface area contributed by atoms with E-state index in [0.29, 0.717) is 5.56 Å². The van der Waals surface area contributed by atoms with Crippen LogP contribution in [-0.4, -0.2) is 41.9 Å². The fourth-order valence-corrected chi connectivity index (χ4v) is 4.14. The quantitative estimate of drug-likeness (QED) is 0.701. The molecule has 1 fully saturated rings. The molecule has 1 amide bonds. The molecule has 1 N–H and O–H groups in total. The van der Waals surface area contributed by atoms with Gasteiger partial charge in [-0.25, -0.2) is 4.68 Å². The van der Waals surface area contributed by atoms with Crippen LogP contribution >= 0.6 is 0 Å². The number of piperidine rings is 1. The fraction of sp³-hybridized carbons (Fsp3) is 0.333. The zero-order valence-corrected chi connectivity index (χ0v) is 17.8. The summed E-state index contributed by atoms with van der Waals surface area (Å²) in [6, 6.07) is 16.2. The van der Waals surface area contributed by atoms with Crippen molar-refractivity contribution < 1.29 is 9.53 Å². The Morgan fingerprint density at radius 2 is 1.83 bits per heavy atom. The second-order valence-electron chi connectivity index (χ2n) is 7.77. The average molecular weight is 405 g/mol. The van der Waals surface area contributed by atoms with Gasteiger partial charge in [0, 0.05) is 19.1 Å². The molecule has 4 rings (SSSR count). The molecule has 1 aliphatic heterocycles. The van der Waals surface area contributed by atoms with Gasteiger partial charge in [-0.05, 0) is 50.5 Å². The number of nitrogens with one attached hydrogen (secondary N) is 1. The molecule has 3 aromatic rings. The van der Waals surface area contributed by atoms with Crippen LogP contribution in [-0.2, 0) is 0 Å². The summed E-state index contributed by atoms with van der Waals surface area (Å²) in [6.07, 6.45) is 3.64. The number of methoxy groups -OCH3 is 1. The molecule has 1 saturated heterocycles. The van der Waals surface area contributed by atoms with Crippen molar-refractivity contribution in [3.8, 4) is 11.4 Å². The largest absolute Gasteiger partial charge is 0.495 e. The van der Waals surface area contributed by atoms with Crippen molar-refractivity contribution in [3.05, 3.63) is 71.5 Å². The topological polar surface area (TPSA) is 59.4 Å². The lowest BCUT2D eigenvalue weighted by Crippen LogP contribution is -2.48. The average Bonchev–Trinajstić information content (AvgIpc) is 3.15. The molecule has 30 heavy (non-hydrogen) atoms. The molecule has 2 aromatic carbocycles. The van der Waals surface area contributed by atoms with Gasteiger partial charge in [-0.1, -0.05) is 30.3 Å². The standard InChI is InChI=1S/C24H28N4O2/c1-17-9-4-5-11-21(17)28-18(2)20(15-25-28)24(29)26-19-10-8-14-27(16-19)22-12-6-7-13-23(22)30-3/h4-7,9,11-13,15,19H,8,10,14,16H2,1-3H3,(H,26,29). The maximum absolute atomic E-state index is 13.0. The van der Waals surface area contributed by atoms with Gasteiger partial charge in [-0.2, -0.15) is 5.10 Å². The van der Waals surface area contributed by atoms with Crippen molar-refractivity contribution in [1.29, 1.82) is 0 Å². The SMILES string of the molecule is COc1ccccc1N1CCCC(NC(=O)c2cnn(-c3ccccc3C)c2C)C1. The van der Waals surface area contributed by atoms with E-state index >= 15 is 0 Å². The molecule has 1 aliphatic rings. The summed E-state index contributed by atoms with van der Waals surface area (Å²) in [7, 11) is 1.69. The minimum Gasteiger partial charge on any atom is -0.495 e. The van der Waals surface area contributed by atoms with Crippen LogP contribution in [0.25, 0.3) is 5.69 Å². The van der Waals surface area contributed by atoms with E-state index in [4.69, 9.17) is 4.74 Å². The molecule has 2 heterocycles. The second kappa shape index (κ2) is 8.61. The number of benzene rings is 2. The summed E-state index contributed by atoms with van der Waals surface area (Å²) in [5.74, 6) is 0.791. The number of rotatable bonds is 5. The van der Waals surface area contributed by atoms with Crippen LogP contribution in [0.1, 0.15) is 34.5 Å². The second-order valence-corrected chi connectivity index (χ2v) is 7.77. The fourth-order valence-electron chi connectivity index (χ4n) is 4.14. The number of para-hydroxylation sites is 3. The smallest absolute Gasteiger partial charge is 0.255 e. The first-order valence-corrected chi connectivity index (χ1v) is 10.4. The number of ether oxygens (including phenoxy) is 1. The Labute approximate surface area is 177 Å². The third-order valence-corrected chi connectivity index (χ3v) is 5.78. The van der Waals surface area contributed by atoms with Crippen LogP contribution < -0.4 is 15.0 Å². The molecule has 1 atom stereocenters. The highest BCUT2D eigenvalue weighted by atomic mass is 16.5. The highest BCUT2D eigenvalue weighted by Gasteiger charge is 2.25. The van der Waals surface area contributed by atoms with E-state index in [1.165, 1.54) is 0 Å². The van der Waals surface area contributed by atoms with Crippen molar-refractivity contribution in [3.63, 3.8) is 0 Å². The summed E-state index contributed by atoms with van der Waals surface area (Å²) in [5.41, 5.74) is 4.65. The number of aryl methyl sites for hydroxylation is 1. The van der Waals surface area contributed by atoms with Crippen LogP contribution in [0, 0.1) is 13.8 Å². The summed E-state index contributed by atoms with van der Waals surface area (Å²) in [4.78, 5) is 15.3. The number of carbonyl (C=O) groups is 1. The predicted molar refractivity (Wildman–Crippen MR) is 119 cm³/mol. The third kappa shape index (κ3) is 3.90. The van der Waals surface area contributed by atoms with Gasteiger partial charge in [0.25, 0.3) is 5.91 Å². The maximum Gasteiger partial charge on any atom is 0.255 e. The molecule has 156 valence electrons. The molecular weight excluding hydrogens is 376 g/mol. The minimum absolute atomic E-state index is 0.0702. The molecule has 1 unspecified atom stereocenters. The Hall–Kier alpha value is -3.28.